The summed E-state index contributed by atoms with van der Waals surface area (Å²) in [6.45, 7) is 3.88. The van der Waals surface area contributed by atoms with E-state index in [1.54, 1.807) is 4.90 Å². The Bertz CT molecular complexity index is 1540. The summed E-state index contributed by atoms with van der Waals surface area (Å²) in [5.74, 6) is -0.279. The van der Waals surface area contributed by atoms with Crippen molar-refractivity contribution in [2.45, 2.75) is 102 Å². The Labute approximate surface area is 300 Å². The molecule has 4 bridgehead atoms. The van der Waals surface area contributed by atoms with Gasteiger partial charge in [0, 0.05) is 36.6 Å². The molecule has 6 N–H and O–H groups in total. The molecule has 4 amide bonds. The molecule has 50 heavy (non-hydrogen) atoms. The van der Waals surface area contributed by atoms with E-state index in [2.05, 4.69) is 10.6 Å². The number of carbonyl (C=O) groups excluding carboxylic acids is 4. The van der Waals surface area contributed by atoms with Gasteiger partial charge in [0.05, 0.1) is 18.6 Å². The number of nitrogens with two attached hydrogens (primary N) is 2. The van der Waals surface area contributed by atoms with Crippen LogP contribution in [0.15, 0.2) is 54.6 Å². The van der Waals surface area contributed by atoms with E-state index in [0.29, 0.717) is 18.3 Å². The Kier molecular flexibility index (Phi) is 11.9. The number of imide groups is 1. The van der Waals surface area contributed by atoms with Crippen LogP contribution >= 0.6 is 0 Å². The van der Waals surface area contributed by atoms with E-state index in [1.807, 2.05) is 68.4 Å². The molecule has 0 radical (unpaired) electrons. The minimum absolute atomic E-state index is 0.144. The summed E-state index contributed by atoms with van der Waals surface area (Å²) in [4.78, 5) is 56.9. The second-order valence-corrected chi connectivity index (χ2v) is 17.1. The van der Waals surface area contributed by atoms with E-state index in [0.717, 1.165) is 42.4 Å². The fourth-order valence-corrected chi connectivity index (χ4v) is 9.18. The predicted octanol–water partition coefficient (Wildman–Crippen LogP) is 2.97. The van der Waals surface area contributed by atoms with Gasteiger partial charge in [0.1, 0.15) is 6.04 Å². The van der Waals surface area contributed by atoms with Gasteiger partial charge in [-0.1, -0.05) is 75.3 Å². The molecule has 6 rings (SSSR count). The molecule has 272 valence electrons. The van der Waals surface area contributed by atoms with Crippen molar-refractivity contribution in [2.24, 2.45) is 35.1 Å². The average molecular weight is 707 g/mol. The van der Waals surface area contributed by atoms with Crippen LogP contribution in [0.1, 0.15) is 77.3 Å². The maximum atomic E-state index is 14.5. The number of amides is 4. The van der Waals surface area contributed by atoms with E-state index in [4.69, 9.17) is 12.8 Å². The first-order valence-electron chi connectivity index (χ1n) is 18.6. The van der Waals surface area contributed by atoms with Crippen LogP contribution in [0.2, 0.25) is 0 Å². The molecule has 0 spiro atoms. The average Bonchev–Trinajstić information content (AvgIpc) is 3.10. The van der Waals surface area contributed by atoms with Gasteiger partial charge >= 0.3 is 0 Å². The van der Waals surface area contributed by atoms with Crippen LogP contribution in [0.5, 0.6) is 0 Å². The topological polar surface area (TPSA) is 165 Å². The van der Waals surface area contributed by atoms with Crippen molar-refractivity contribution >= 4 is 34.4 Å². The molecule has 10 nitrogen and oxygen atoms in total. The van der Waals surface area contributed by atoms with Crippen molar-refractivity contribution in [1.82, 2.24) is 15.5 Å². The molecule has 4 aliphatic carbocycles. The highest BCUT2D eigenvalue weighted by molar-refractivity contribution is 7.84. The van der Waals surface area contributed by atoms with Gasteiger partial charge in [-0.25, -0.2) is 0 Å². The lowest BCUT2D eigenvalue weighted by atomic mass is 9.53. The normalized spacial score (nSPS) is 25.1. The number of nitrogens with one attached hydrogen (secondary N) is 2. The Morgan fingerprint density at radius 3 is 2.04 bits per heavy atom. The van der Waals surface area contributed by atoms with Crippen LogP contribution in [-0.4, -0.2) is 75.5 Å². The fraction of sp³-hybridized carbons (Fsp3) is 0.590. The van der Waals surface area contributed by atoms with Gasteiger partial charge < -0.3 is 21.7 Å². The first kappa shape index (κ1) is 36.4. The van der Waals surface area contributed by atoms with Gasteiger partial charge in [0.25, 0.3) is 0 Å². The smallest absolute Gasteiger partial charge is 0.249 e. The van der Waals surface area contributed by atoms with Gasteiger partial charge in [-0.15, -0.1) is 0 Å². The first-order valence-corrected chi connectivity index (χ1v) is 19.7. The molecule has 4 atom stereocenters. The van der Waals surface area contributed by atoms with Gasteiger partial charge in [0.15, 0.2) is 0 Å². The first-order chi connectivity index (χ1) is 24.2. The van der Waals surface area contributed by atoms with Gasteiger partial charge in [0.2, 0.25) is 23.6 Å². The number of benzene rings is 2. The van der Waals surface area contributed by atoms with Gasteiger partial charge in [-0.3, -0.25) is 28.7 Å². The molecule has 2 aromatic carbocycles. The number of hydrogen-bond donors (Lipinski definition) is 4. The summed E-state index contributed by atoms with van der Waals surface area (Å²) in [7, 11) is -1.15. The van der Waals surface area contributed by atoms with Crippen LogP contribution in [0.3, 0.4) is 0 Å². The molecule has 4 aliphatic rings. The Morgan fingerprint density at radius 1 is 0.860 bits per heavy atom. The number of rotatable bonds is 14. The largest absolute Gasteiger partial charge is 0.346 e. The standard InChI is InChI=1S/C39H55N5O5S/c1-39(2,3)30-12-10-25(11-13-30)22-33(38(48)43-37(47)31(40)14-15-50(4)49)44(35-28-17-26-16-27(19-28)20-29(35)18-26)34(45)23-42-36(46)32(41)21-24-8-6-5-7-9-24/h5-13,26-29,31-33,35H,14-23,40-41H2,1-4H3,(H,42,46)(H,43,47,48)/t26?,27?,28?,29?,31?,32-,33-,35?,50?/m0/s1/i1D. The van der Waals surface area contributed by atoms with Gasteiger partial charge in [-0.2, -0.15) is 0 Å². The molecule has 0 aromatic heterocycles. The van der Waals surface area contributed by atoms with E-state index in [1.165, 1.54) is 12.7 Å². The van der Waals surface area contributed by atoms with E-state index in [-0.39, 0.29) is 55.3 Å². The highest BCUT2D eigenvalue weighted by Gasteiger charge is 2.53. The molecular weight excluding hydrogens is 651 g/mol. The third kappa shape index (κ3) is 9.47. The molecule has 4 fully saturated rings. The summed E-state index contributed by atoms with van der Waals surface area (Å²) >= 11 is 0. The SMILES string of the molecule is [2H]CC(C)(C)c1ccc(C[C@@H](C(=O)NC(=O)C(N)CCS(C)=O)N(C(=O)CNC(=O)[C@@H](N)Cc2ccccc2)C2C3CC4CC(C3)CC2C4)cc1. The summed E-state index contributed by atoms with van der Waals surface area (Å²) in [6, 6.07) is 14.0. The maximum absolute atomic E-state index is 14.5. The zero-order valence-electron chi connectivity index (χ0n) is 30.6. The predicted molar refractivity (Wildman–Crippen MR) is 196 cm³/mol. The van der Waals surface area contributed by atoms with Crippen LogP contribution in [0.25, 0.3) is 0 Å². The number of hydrogen-bond acceptors (Lipinski definition) is 7. The zero-order valence-corrected chi connectivity index (χ0v) is 30.5. The van der Waals surface area contributed by atoms with Crippen molar-refractivity contribution in [3.8, 4) is 0 Å². The minimum atomic E-state index is -1.15. The maximum Gasteiger partial charge on any atom is 0.249 e. The Hall–Kier alpha value is -3.41. The summed E-state index contributed by atoms with van der Waals surface area (Å²) in [6.07, 6.45) is 7.29. The lowest BCUT2D eigenvalue weighted by Gasteiger charge is -2.58. The summed E-state index contributed by atoms with van der Waals surface area (Å²) < 4.78 is 19.7. The number of carbonyl (C=O) groups is 4. The highest BCUT2D eigenvalue weighted by Crippen LogP contribution is 2.55. The summed E-state index contributed by atoms with van der Waals surface area (Å²) in [5.41, 5.74) is 14.7. The molecule has 11 heteroatoms. The second-order valence-electron chi connectivity index (χ2n) is 15.6. The second kappa shape index (κ2) is 16.3. The van der Waals surface area contributed by atoms with Crippen molar-refractivity contribution in [2.75, 3.05) is 18.6 Å². The van der Waals surface area contributed by atoms with Crippen molar-refractivity contribution < 1.29 is 24.8 Å². The van der Waals surface area contributed by atoms with Crippen LogP contribution in [-0.2, 0) is 48.2 Å². The molecule has 2 unspecified atom stereocenters. The van der Waals surface area contributed by atoms with E-state index < -0.39 is 52.6 Å². The lowest BCUT2D eigenvalue weighted by molar-refractivity contribution is -0.155. The summed E-state index contributed by atoms with van der Waals surface area (Å²) in [5, 5.41) is 5.27. The fourth-order valence-electron chi connectivity index (χ4n) is 8.60. The minimum Gasteiger partial charge on any atom is -0.346 e. The molecular formula is C39H55N5O5S. The van der Waals surface area contributed by atoms with Crippen LogP contribution in [0, 0.1) is 23.7 Å². The van der Waals surface area contributed by atoms with Crippen molar-refractivity contribution in [1.29, 1.82) is 0 Å². The third-order valence-electron chi connectivity index (χ3n) is 10.9. The van der Waals surface area contributed by atoms with E-state index >= 15 is 0 Å². The third-order valence-corrected chi connectivity index (χ3v) is 11.7. The Morgan fingerprint density at radius 2 is 1.46 bits per heavy atom. The zero-order chi connectivity index (χ0) is 36.9. The number of nitrogens with zero attached hydrogens (tertiary/aromatic N) is 1. The van der Waals surface area contributed by atoms with Crippen LogP contribution in [0.4, 0.5) is 0 Å². The molecule has 0 aliphatic heterocycles. The van der Waals surface area contributed by atoms with Crippen molar-refractivity contribution in [3.05, 3.63) is 71.3 Å². The molecule has 0 heterocycles. The molecule has 4 saturated carbocycles. The lowest BCUT2D eigenvalue weighted by Crippen LogP contribution is -2.65. The van der Waals surface area contributed by atoms with Crippen molar-refractivity contribution in [3.63, 3.8) is 0 Å². The molecule has 2 aromatic rings. The van der Waals surface area contributed by atoms with E-state index in [9.17, 15) is 23.4 Å². The molecule has 0 saturated heterocycles. The van der Waals surface area contributed by atoms with Gasteiger partial charge in [-0.05, 0) is 90.7 Å². The Balaban J connectivity index is 1.44. The van der Waals surface area contributed by atoms with Crippen LogP contribution < -0.4 is 22.1 Å². The monoisotopic (exact) mass is 706 g/mol. The quantitative estimate of drug-likeness (QED) is 0.235. The highest BCUT2D eigenvalue weighted by atomic mass is 32.2.